The van der Waals surface area contributed by atoms with Gasteiger partial charge in [-0.25, -0.2) is 0 Å². The fourth-order valence-electron chi connectivity index (χ4n) is 1.43. The summed E-state index contributed by atoms with van der Waals surface area (Å²) in [4.78, 5) is 8.00. The van der Waals surface area contributed by atoms with Crippen LogP contribution in [0.3, 0.4) is 0 Å². The Morgan fingerprint density at radius 3 is 1.33 bits per heavy atom. The van der Waals surface area contributed by atoms with E-state index in [4.69, 9.17) is 4.79 Å². The van der Waals surface area contributed by atoms with Gasteiger partial charge in [0.15, 0.2) is 0 Å². The molecule has 76 valence electrons. The summed E-state index contributed by atoms with van der Waals surface area (Å²) >= 11 is 0. The predicted octanol–water partition coefficient (Wildman–Crippen LogP) is 3.09. The second-order valence-electron chi connectivity index (χ2n) is 3.15. The second-order valence-corrected chi connectivity index (χ2v) is 3.15. The van der Waals surface area contributed by atoms with E-state index in [1.807, 2.05) is 6.79 Å². The lowest BCUT2D eigenvalue weighted by atomic mass is 10.1. The largest absolute Gasteiger partial charge is 0.307 e. The number of rotatable bonds is 2. The van der Waals surface area contributed by atoms with Gasteiger partial charge >= 0.3 is 0 Å². The van der Waals surface area contributed by atoms with Crippen molar-refractivity contribution in [3.63, 3.8) is 0 Å². The molecule has 0 N–H and O–H groups in total. The molecule has 0 heterocycles. The van der Waals surface area contributed by atoms with Crippen LogP contribution in [-0.4, -0.2) is 6.79 Å². The van der Waals surface area contributed by atoms with Crippen LogP contribution in [0.2, 0.25) is 0 Å². The summed E-state index contributed by atoms with van der Waals surface area (Å²) in [5.41, 5.74) is 2.74. The van der Waals surface area contributed by atoms with E-state index in [-0.39, 0.29) is 0 Å². The zero-order chi connectivity index (χ0) is 10.9. The zero-order valence-electron chi connectivity index (χ0n) is 8.60. The molecule has 0 aliphatic carbocycles. The summed E-state index contributed by atoms with van der Waals surface area (Å²) in [6.07, 6.45) is 1.03. The first-order valence-corrected chi connectivity index (χ1v) is 4.82. The third kappa shape index (κ3) is 3.77. The smallest absolute Gasteiger partial charge is 0.106 e. The molecule has 1 nitrogen and oxygen atoms in total. The molecule has 0 aromatic heterocycles. The monoisotopic (exact) mass is 198 g/mol. The highest BCUT2D eigenvalue weighted by atomic mass is 16.1. The molecule has 2 aromatic rings. The maximum Gasteiger partial charge on any atom is 0.106 e. The van der Waals surface area contributed by atoms with Crippen LogP contribution in [-0.2, 0) is 11.2 Å². The Hall–Kier alpha value is -1.89. The summed E-state index contributed by atoms with van der Waals surface area (Å²) in [6, 6.07) is 21.1. The fourth-order valence-corrected chi connectivity index (χ4v) is 1.43. The van der Waals surface area contributed by atoms with Crippen LogP contribution >= 0.6 is 0 Å². The molecule has 15 heavy (non-hydrogen) atoms. The Balaban J connectivity index is 0.000000531. The van der Waals surface area contributed by atoms with Gasteiger partial charge in [0.1, 0.15) is 6.79 Å². The minimum absolute atomic E-state index is 1.03. The van der Waals surface area contributed by atoms with Crippen molar-refractivity contribution < 1.29 is 4.79 Å². The molecule has 2 aromatic carbocycles. The number of carbonyl (C=O) groups is 1. The Morgan fingerprint density at radius 2 is 1.00 bits per heavy atom. The quantitative estimate of drug-likeness (QED) is 0.724. The van der Waals surface area contributed by atoms with E-state index in [1.165, 1.54) is 11.1 Å². The average Bonchev–Trinajstić information content (AvgIpc) is 2.34. The Labute approximate surface area is 90.4 Å². The first-order chi connectivity index (χ1) is 7.45. The van der Waals surface area contributed by atoms with Crippen LogP contribution in [0.1, 0.15) is 11.1 Å². The van der Waals surface area contributed by atoms with Gasteiger partial charge in [-0.15, -0.1) is 0 Å². The molecule has 0 bridgehead atoms. The Bertz CT molecular complexity index is 330. The number of hydrogen-bond acceptors (Lipinski definition) is 1. The Kier molecular flexibility index (Phi) is 4.88. The highest BCUT2D eigenvalue weighted by molar-refractivity contribution is 5.25. The first kappa shape index (κ1) is 11.2. The van der Waals surface area contributed by atoms with Crippen molar-refractivity contribution in [2.45, 2.75) is 6.42 Å². The molecule has 0 unspecified atom stereocenters. The minimum atomic E-state index is 1.03. The molecule has 0 saturated heterocycles. The van der Waals surface area contributed by atoms with Crippen molar-refractivity contribution in [2.75, 3.05) is 0 Å². The standard InChI is InChI=1S/C13H12.CH2O/c1-3-7-12(8-4-1)11-13-9-5-2-6-10-13;1-2/h1-10H,11H2;1H2. The van der Waals surface area contributed by atoms with Gasteiger partial charge in [-0.3, -0.25) is 0 Å². The molecule has 0 saturated carbocycles. The highest BCUT2D eigenvalue weighted by Crippen LogP contribution is 2.07. The molecule has 0 aliphatic heterocycles. The summed E-state index contributed by atoms with van der Waals surface area (Å²) in [6.45, 7) is 2.00. The van der Waals surface area contributed by atoms with Crippen LogP contribution in [0.4, 0.5) is 0 Å². The first-order valence-electron chi connectivity index (χ1n) is 4.82. The summed E-state index contributed by atoms with van der Waals surface area (Å²) in [5.74, 6) is 0. The molecular formula is C14H14O. The third-order valence-electron chi connectivity index (χ3n) is 2.09. The van der Waals surface area contributed by atoms with Crippen molar-refractivity contribution in [1.82, 2.24) is 0 Å². The average molecular weight is 198 g/mol. The van der Waals surface area contributed by atoms with E-state index in [9.17, 15) is 0 Å². The molecular weight excluding hydrogens is 184 g/mol. The summed E-state index contributed by atoms with van der Waals surface area (Å²) < 4.78 is 0. The summed E-state index contributed by atoms with van der Waals surface area (Å²) in [5, 5.41) is 0. The van der Waals surface area contributed by atoms with E-state index in [0.29, 0.717) is 0 Å². The summed E-state index contributed by atoms with van der Waals surface area (Å²) in [7, 11) is 0. The molecule has 0 fully saturated rings. The number of hydrogen-bond donors (Lipinski definition) is 0. The minimum Gasteiger partial charge on any atom is -0.307 e. The maximum absolute atomic E-state index is 8.00. The molecule has 0 aliphatic rings. The molecule has 0 spiro atoms. The van der Waals surface area contributed by atoms with Crippen LogP contribution in [0.5, 0.6) is 0 Å². The number of benzene rings is 2. The van der Waals surface area contributed by atoms with Gasteiger partial charge in [-0.2, -0.15) is 0 Å². The lowest BCUT2D eigenvalue weighted by molar-refractivity contribution is -0.0979. The van der Waals surface area contributed by atoms with E-state index < -0.39 is 0 Å². The Morgan fingerprint density at radius 1 is 0.667 bits per heavy atom. The molecule has 0 atom stereocenters. The van der Waals surface area contributed by atoms with Crippen molar-refractivity contribution >= 4 is 6.79 Å². The van der Waals surface area contributed by atoms with Crippen molar-refractivity contribution in [1.29, 1.82) is 0 Å². The SMILES string of the molecule is C=O.c1ccc(Cc2ccccc2)cc1. The lowest BCUT2D eigenvalue weighted by Crippen LogP contribution is -1.85. The van der Waals surface area contributed by atoms with Crippen molar-refractivity contribution in [2.24, 2.45) is 0 Å². The molecule has 0 radical (unpaired) electrons. The third-order valence-corrected chi connectivity index (χ3v) is 2.09. The lowest BCUT2D eigenvalue weighted by Gasteiger charge is -2.00. The fraction of sp³-hybridized carbons (Fsp3) is 0.0714. The zero-order valence-corrected chi connectivity index (χ0v) is 8.60. The van der Waals surface area contributed by atoms with Gasteiger partial charge in [-0.1, -0.05) is 60.7 Å². The van der Waals surface area contributed by atoms with Gasteiger partial charge in [0.25, 0.3) is 0 Å². The number of carbonyl (C=O) groups excluding carboxylic acids is 1. The predicted molar refractivity (Wildman–Crippen MR) is 62.8 cm³/mol. The van der Waals surface area contributed by atoms with Crippen molar-refractivity contribution in [3.05, 3.63) is 71.8 Å². The van der Waals surface area contributed by atoms with Crippen LogP contribution in [0, 0.1) is 0 Å². The van der Waals surface area contributed by atoms with E-state index in [2.05, 4.69) is 60.7 Å². The topological polar surface area (TPSA) is 17.1 Å². The molecule has 1 heteroatoms. The van der Waals surface area contributed by atoms with Crippen LogP contribution in [0.15, 0.2) is 60.7 Å². The van der Waals surface area contributed by atoms with E-state index >= 15 is 0 Å². The van der Waals surface area contributed by atoms with E-state index in [0.717, 1.165) is 6.42 Å². The maximum atomic E-state index is 8.00. The van der Waals surface area contributed by atoms with Gasteiger partial charge in [0.2, 0.25) is 0 Å². The van der Waals surface area contributed by atoms with Crippen molar-refractivity contribution in [3.8, 4) is 0 Å². The van der Waals surface area contributed by atoms with Gasteiger partial charge in [0.05, 0.1) is 0 Å². The van der Waals surface area contributed by atoms with Crippen LogP contribution < -0.4 is 0 Å². The van der Waals surface area contributed by atoms with Crippen LogP contribution in [0.25, 0.3) is 0 Å². The molecule has 0 amide bonds. The molecule has 2 rings (SSSR count). The van der Waals surface area contributed by atoms with Gasteiger partial charge < -0.3 is 4.79 Å². The van der Waals surface area contributed by atoms with Gasteiger partial charge in [0, 0.05) is 0 Å². The van der Waals surface area contributed by atoms with E-state index in [1.54, 1.807) is 0 Å². The normalized spacial score (nSPS) is 8.80. The van der Waals surface area contributed by atoms with Gasteiger partial charge in [-0.05, 0) is 17.5 Å². The second kappa shape index (κ2) is 6.55. The highest BCUT2D eigenvalue weighted by Gasteiger charge is 1.92.